The quantitative estimate of drug-likeness (QED) is 0.744. The number of carbonyl (C=O) groups is 1. The lowest BCUT2D eigenvalue weighted by molar-refractivity contribution is 0.0787. The number of nitrogens with one attached hydrogen (secondary N) is 2. The van der Waals surface area contributed by atoms with Crippen molar-refractivity contribution in [3.8, 4) is 11.1 Å². The maximum atomic E-state index is 12.8. The fraction of sp³-hybridized carbons (Fsp3) is 0.400. The molecule has 0 saturated carbocycles. The Kier molecular flexibility index (Phi) is 4.02. The number of thiophene rings is 1. The number of nitrogens with zero attached hydrogens (tertiary/aromatic N) is 2. The van der Waals surface area contributed by atoms with Gasteiger partial charge in [0, 0.05) is 24.0 Å². The Hall–Kier alpha value is -2.18. The first kappa shape index (κ1) is 16.0. The van der Waals surface area contributed by atoms with Crippen molar-refractivity contribution in [3.63, 3.8) is 0 Å². The monoisotopic (exact) mass is 366 g/mol. The molecule has 2 aromatic heterocycles. The predicted octanol–water partition coefficient (Wildman–Crippen LogP) is 3.65. The third-order valence-corrected chi connectivity index (χ3v) is 6.46. The zero-order chi connectivity index (χ0) is 17.5. The molecule has 5 rings (SSSR count). The number of carbonyl (C=O) groups excluding carboxylic acids is 1. The summed E-state index contributed by atoms with van der Waals surface area (Å²) in [5.41, 5.74) is 3.74. The van der Waals surface area contributed by atoms with Crippen molar-refractivity contribution in [2.24, 2.45) is 0 Å². The molecule has 2 N–H and O–H groups in total. The SMILES string of the molecule is O=C(N[C@H]1CCCC2CCN2C1)c1n[nH]c2cc(-c3ccsc3)ccc12. The van der Waals surface area contributed by atoms with Crippen molar-refractivity contribution >= 4 is 28.1 Å². The number of amides is 1. The molecule has 2 aliphatic heterocycles. The highest BCUT2D eigenvalue weighted by molar-refractivity contribution is 7.08. The van der Waals surface area contributed by atoms with E-state index >= 15 is 0 Å². The van der Waals surface area contributed by atoms with Crippen LogP contribution < -0.4 is 5.32 Å². The normalized spacial score (nSPS) is 23.2. The molecule has 0 aliphatic carbocycles. The van der Waals surface area contributed by atoms with Crippen LogP contribution in [-0.2, 0) is 0 Å². The van der Waals surface area contributed by atoms with E-state index in [0.29, 0.717) is 5.69 Å². The van der Waals surface area contributed by atoms with E-state index in [0.717, 1.165) is 35.5 Å². The van der Waals surface area contributed by atoms with E-state index < -0.39 is 0 Å². The molecule has 3 aromatic rings. The summed E-state index contributed by atoms with van der Waals surface area (Å²) in [6, 6.07) is 9.21. The Bertz CT molecular complexity index is 933. The first-order chi connectivity index (χ1) is 12.8. The van der Waals surface area contributed by atoms with Crippen LogP contribution >= 0.6 is 11.3 Å². The molecular weight excluding hydrogens is 344 g/mol. The van der Waals surface area contributed by atoms with Crippen LogP contribution in [0.25, 0.3) is 22.0 Å². The van der Waals surface area contributed by atoms with E-state index in [1.807, 2.05) is 6.07 Å². The number of benzene rings is 1. The Morgan fingerprint density at radius 1 is 1.23 bits per heavy atom. The van der Waals surface area contributed by atoms with E-state index in [4.69, 9.17) is 0 Å². The Morgan fingerprint density at radius 2 is 2.19 bits per heavy atom. The molecule has 1 unspecified atom stereocenters. The van der Waals surface area contributed by atoms with Gasteiger partial charge in [0.1, 0.15) is 0 Å². The van der Waals surface area contributed by atoms with Crippen molar-refractivity contribution in [2.45, 2.75) is 37.8 Å². The lowest BCUT2D eigenvalue weighted by atomic mass is 10.00. The van der Waals surface area contributed by atoms with Crippen LogP contribution in [0.5, 0.6) is 0 Å². The molecule has 26 heavy (non-hydrogen) atoms. The highest BCUT2D eigenvalue weighted by Gasteiger charge is 2.33. The fourth-order valence-corrected chi connectivity index (χ4v) is 4.87. The first-order valence-corrected chi connectivity index (χ1v) is 10.3. The molecule has 0 radical (unpaired) electrons. The van der Waals surface area contributed by atoms with Gasteiger partial charge in [-0.15, -0.1) is 0 Å². The molecule has 2 saturated heterocycles. The van der Waals surface area contributed by atoms with E-state index in [2.05, 4.69) is 49.4 Å². The van der Waals surface area contributed by atoms with Crippen LogP contribution in [0.15, 0.2) is 35.0 Å². The van der Waals surface area contributed by atoms with Crippen LogP contribution in [0.4, 0.5) is 0 Å². The van der Waals surface area contributed by atoms with Crippen LogP contribution in [0.3, 0.4) is 0 Å². The number of aromatic nitrogens is 2. The standard InChI is InChI=1S/C20H22N4OS/c25-20(21-15-2-1-3-16-6-8-24(16)11-15)19-17-5-4-13(10-18(17)22-23-19)14-7-9-26-12-14/h4-5,7,9-10,12,15-16H,1-3,6,8,11H2,(H,21,25)(H,22,23)/t15-,16?/m0/s1. The highest BCUT2D eigenvalue weighted by Crippen LogP contribution is 2.28. The third-order valence-electron chi connectivity index (χ3n) is 5.78. The summed E-state index contributed by atoms with van der Waals surface area (Å²) < 4.78 is 0. The van der Waals surface area contributed by atoms with Crippen molar-refractivity contribution in [1.29, 1.82) is 0 Å². The van der Waals surface area contributed by atoms with Gasteiger partial charge in [0.15, 0.2) is 5.69 Å². The summed E-state index contributed by atoms with van der Waals surface area (Å²) >= 11 is 1.68. The zero-order valence-corrected chi connectivity index (χ0v) is 15.4. The van der Waals surface area contributed by atoms with Gasteiger partial charge in [-0.25, -0.2) is 0 Å². The summed E-state index contributed by atoms with van der Waals surface area (Å²) in [6.45, 7) is 2.15. The van der Waals surface area contributed by atoms with Gasteiger partial charge in [-0.3, -0.25) is 14.8 Å². The molecule has 4 heterocycles. The minimum Gasteiger partial charge on any atom is -0.347 e. The van der Waals surface area contributed by atoms with Crippen LogP contribution in [0, 0.1) is 0 Å². The van der Waals surface area contributed by atoms with Crippen molar-refractivity contribution in [1.82, 2.24) is 20.4 Å². The van der Waals surface area contributed by atoms with Gasteiger partial charge in [0.05, 0.1) is 5.52 Å². The molecule has 1 aromatic carbocycles. The molecule has 134 valence electrons. The second-order valence-electron chi connectivity index (χ2n) is 7.38. The van der Waals surface area contributed by atoms with Crippen molar-refractivity contribution in [3.05, 3.63) is 40.7 Å². The summed E-state index contributed by atoms with van der Waals surface area (Å²) in [4.78, 5) is 15.3. The molecule has 0 bridgehead atoms. The summed E-state index contributed by atoms with van der Waals surface area (Å²) in [5.74, 6) is -0.0662. The number of hydrogen-bond acceptors (Lipinski definition) is 4. The number of aromatic amines is 1. The summed E-state index contributed by atoms with van der Waals surface area (Å²) in [6.07, 6.45) is 4.83. The lowest BCUT2D eigenvalue weighted by Gasteiger charge is -2.40. The van der Waals surface area contributed by atoms with Gasteiger partial charge >= 0.3 is 0 Å². The number of fused-ring (bicyclic) bond motifs is 2. The Morgan fingerprint density at radius 3 is 3.00 bits per heavy atom. The molecule has 2 atom stereocenters. The van der Waals surface area contributed by atoms with Crippen molar-refractivity contribution < 1.29 is 4.79 Å². The van der Waals surface area contributed by atoms with Gasteiger partial charge in [0.25, 0.3) is 5.91 Å². The Balaban J connectivity index is 1.35. The molecule has 1 amide bonds. The lowest BCUT2D eigenvalue weighted by Crippen LogP contribution is -2.52. The summed E-state index contributed by atoms with van der Waals surface area (Å²) in [7, 11) is 0. The van der Waals surface area contributed by atoms with Crippen LogP contribution in [-0.4, -0.2) is 46.2 Å². The molecule has 2 fully saturated rings. The van der Waals surface area contributed by atoms with E-state index in [9.17, 15) is 4.79 Å². The van der Waals surface area contributed by atoms with Gasteiger partial charge in [-0.1, -0.05) is 6.07 Å². The second kappa shape index (κ2) is 6.52. The highest BCUT2D eigenvalue weighted by atomic mass is 32.1. The smallest absolute Gasteiger partial charge is 0.272 e. The van der Waals surface area contributed by atoms with E-state index in [1.54, 1.807) is 11.3 Å². The number of hydrogen-bond donors (Lipinski definition) is 2. The van der Waals surface area contributed by atoms with Crippen LogP contribution in [0.2, 0.25) is 0 Å². The third kappa shape index (κ3) is 2.83. The van der Waals surface area contributed by atoms with Crippen LogP contribution in [0.1, 0.15) is 36.2 Å². The van der Waals surface area contributed by atoms with E-state index in [1.165, 1.54) is 31.4 Å². The minimum absolute atomic E-state index is 0.0662. The molecular formula is C20H22N4OS. The van der Waals surface area contributed by atoms with Gasteiger partial charge < -0.3 is 5.32 Å². The van der Waals surface area contributed by atoms with Crippen molar-refractivity contribution in [2.75, 3.05) is 13.1 Å². The molecule has 2 aliphatic rings. The van der Waals surface area contributed by atoms with Gasteiger partial charge in [-0.2, -0.15) is 16.4 Å². The maximum Gasteiger partial charge on any atom is 0.272 e. The number of H-pyrrole nitrogens is 1. The topological polar surface area (TPSA) is 61.0 Å². The second-order valence-corrected chi connectivity index (χ2v) is 8.16. The predicted molar refractivity (Wildman–Crippen MR) is 104 cm³/mol. The molecule has 6 heteroatoms. The summed E-state index contributed by atoms with van der Waals surface area (Å²) in [5, 5.41) is 15.6. The van der Waals surface area contributed by atoms with E-state index in [-0.39, 0.29) is 11.9 Å². The average molecular weight is 366 g/mol. The Labute approximate surface area is 156 Å². The average Bonchev–Trinajstić information content (AvgIpc) is 3.28. The largest absolute Gasteiger partial charge is 0.347 e. The molecule has 0 spiro atoms. The van der Waals surface area contributed by atoms with Gasteiger partial charge in [-0.05, 0) is 72.3 Å². The first-order valence-electron chi connectivity index (χ1n) is 9.33. The fourth-order valence-electron chi connectivity index (χ4n) is 4.21. The number of rotatable bonds is 3. The zero-order valence-electron chi connectivity index (χ0n) is 14.6. The van der Waals surface area contributed by atoms with Gasteiger partial charge in [0.2, 0.25) is 0 Å². The molecule has 5 nitrogen and oxygen atoms in total. The maximum absolute atomic E-state index is 12.8. The minimum atomic E-state index is -0.0662.